The first kappa shape index (κ1) is 16.8. The highest BCUT2D eigenvalue weighted by atomic mass is 16.5. The van der Waals surface area contributed by atoms with Crippen molar-refractivity contribution < 1.29 is 14.6 Å². The van der Waals surface area contributed by atoms with Gasteiger partial charge in [0.2, 0.25) is 0 Å². The molecule has 0 bridgehead atoms. The molecule has 23 heavy (non-hydrogen) atoms. The molecule has 1 radical (unpaired) electrons. The lowest BCUT2D eigenvalue weighted by Crippen LogP contribution is -2.32. The van der Waals surface area contributed by atoms with Crippen LogP contribution < -0.4 is 15.8 Å². The van der Waals surface area contributed by atoms with Gasteiger partial charge < -0.3 is 20.9 Å². The molecule has 0 spiro atoms. The maximum atomic E-state index is 11.2. The molecular formula is C18H21N2O3. The second kappa shape index (κ2) is 8.19. The zero-order valence-electron chi connectivity index (χ0n) is 13.0. The van der Waals surface area contributed by atoms with Crippen LogP contribution in [0.2, 0.25) is 0 Å². The Hall–Kier alpha value is -2.53. The monoisotopic (exact) mass is 313 g/mol. The lowest BCUT2D eigenvalue weighted by molar-refractivity contribution is 0.0997. The lowest BCUT2D eigenvalue weighted by atomic mass is 10.1. The molecule has 0 saturated heterocycles. The van der Waals surface area contributed by atoms with Crippen molar-refractivity contribution in [3.05, 3.63) is 66.1 Å². The Bertz CT molecular complexity index is 644. The zero-order chi connectivity index (χ0) is 16.7. The highest BCUT2D eigenvalue weighted by Gasteiger charge is 2.10. The van der Waals surface area contributed by atoms with Crippen molar-refractivity contribution in [3.8, 4) is 11.5 Å². The van der Waals surface area contributed by atoms with E-state index in [9.17, 15) is 9.90 Å². The number of carbonyl (C=O) groups excluding carboxylic acids is 1. The normalized spacial score (nSPS) is 11.9. The predicted molar refractivity (Wildman–Crippen MR) is 89.4 cm³/mol. The van der Waals surface area contributed by atoms with Crippen LogP contribution >= 0.6 is 0 Å². The van der Waals surface area contributed by atoms with Crippen LogP contribution in [0.3, 0.4) is 0 Å². The third-order valence-electron chi connectivity index (χ3n) is 3.34. The molecule has 0 aliphatic heterocycles. The largest absolute Gasteiger partial charge is 0.507 e. The number of amides is 1. The fourth-order valence-corrected chi connectivity index (χ4v) is 2.05. The van der Waals surface area contributed by atoms with Crippen LogP contribution in [-0.4, -0.2) is 30.2 Å². The number of benzene rings is 2. The van der Waals surface area contributed by atoms with E-state index in [-0.39, 0.29) is 17.4 Å². The van der Waals surface area contributed by atoms with Crippen molar-refractivity contribution in [2.75, 3.05) is 13.2 Å². The number of ether oxygens (including phenoxy) is 1. The summed E-state index contributed by atoms with van der Waals surface area (Å²) in [5.74, 6) is -0.331. The van der Waals surface area contributed by atoms with Gasteiger partial charge in [0.25, 0.3) is 5.91 Å². The van der Waals surface area contributed by atoms with E-state index in [1.807, 2.05) is 37.3 Å². The topological polar surface area (TPSA) is 84.6 Å². The lowest BCUT2D eigenvalue weighted by Gasteiger charge is -2.15. The van der Waals surface area contributed by atoms with E-state index < -0.39 is 5.91 Å². The van der Waals surface area contributed by atoms with Gasteiger partial charge in [0, 0.05) is 19.0 Å². The second-order valence-electron chi connectivity index (χ2n) is 5.28. The molecular weight excluding hydrogens is 292 g/mol. The van der Waals surface area contributed by atoms with Gasteiger partial charge in [0.05, 0.1) is 5.56 Å². The average Bonchev–Trinajstić information content (AvgIpc) is 2.55. The number of carbonyl (C=O) groups is 1. The van der Waals surface area contributed by atoms with Gasteiger partial charge in [-0.2, -0.15) is 0 Å². The predicted octanol–water partition coefficient (Wildman–Crippen LogP) is 2.10. The highest BCUT2D eigenvalue weighted by Crippen LogP contribution is 2.22. The van der Waals surface area contributed by atoms with E-state index in [0.29, 0.717) is 12.4 Å². The van der Waals surface area contributed by atoms with Gasteiger partial charge in [0.15, 0.2) is 0 Å². The van der Waals surface area contributed by atoms with Crippen LogP contribution in [0.5, 0.6) is 11.5 Å². The summed E-state index contributed by atoms with van der Waals surface area (Å²) in [4.78, 5) is 11.2. The van der Waals surface area contributed by atoms with E-state index in [1.54, 1.807) is 6.07 Å². The molecule has 0 heterocycles. The first-order valence-electron chi connectivity index (χ1n) is 7.43. The van der Waals surface area contributed by atoms with Gasteiger partial charge in [-0.15, -0.1) is 0 Å². The maximum absolute atomic E-state index is 11.2. The van der Waals surface area contributed by atoms with Gasteiger partial charge in [-0.1, -0.05) is 30.3 Å². The fraction of sp³-hybridized carbons (Fsp3) is 0.222. The minimum Gasteiger partial charge on any atom is -0.507 e. The van der Waals surface area contributed by atoms with Gasteiger partial charge in [-0.25, -0.2) is 0 Å². The number of nitrogens with two attached hydrogens (primary N) is 1. The number of aromatic hydroxyl groups is 1. The molecule has 4 N–H and O–H groups in total. The van der Waals surface area contributed by atoms with E-state index in [0.717, 1.165) is 12.1 Å². The third kappa shape index (κ3) is 5.30. The Labute approximate surface area is 136 Å². The fourth-order valence-electron chi connectivity index (χ4n) is 2.05. The Morgan fingerprint density at radius 3 is 2.74 bits per heavy atom. The zero-order valence-corrected chi connectivity index (χ0v) is 13.0. The summed E-state index contributed by atoms with van der Waals surface area (Å²) < 4.78 is 5.62. The van der Waals surface area contributed by atoms with Crippen LogP contribution in [0.4, 0.5) is 0 Å². The van der Waals surface area contributed by atoms with Crippen LogP contribution in [0.1, 0.15) is 22.8 Å². The van der Waals surface area contributed by atoms with Crippen LogP contribution in [0, 0.1) is 6.42 Å². The van der Waals surface area contributed by atoms with Gasteiger partial charge in [-0.05, 0) is 30.7 Å². The van der Waals surface area contributed by atoms with Crippen LogP contribution in [0.15, 0.2) is 48.5 Å². The Morgan fingerprint density at radius 1 is 1.30 bits per heavy atom. The third-order valence-corrected chi connectivity index (χ3v) is 3.34. The van der Waals surface area contributed by atoms with Crippen LogP contribution in [-0.2, 0) is 0 Å². The molecule has 0 aromatic heterocycles. The number of rotatable bonds is 8. The first-order chi connectivity index (χ1) is 11.1. The van der Waals surface area contributed by atoms with Crippen molar-refractivity contribution in [2.45, 2.75) is 13.0 Å². The molecule has 5 nitrogen and oxygen atoms in total. The number of nitrogens with one attached hydrogen (secondary N) is 1. The summed E-state index contributed by atoms with van der Waals surface area (Å²) in [6, 6.07) is 14.6. The molecule has 2 aromatic rings. The maximum Gasteiger partial charge on any atom is 0.252 e. The minimum atomic E-state index is -0.684. The molecule has 1 atom stereocenters. The molecule has 0 unspecified atom stereocenters. The Balaban J connectivity index is 1.77. The number of primary amides is 1. The van der Waals surface area contributed by atoms with E-state index >= 15 is 0 Å². The van der Waals surface area contributed by atoms with Crippen molar-refractivity contribution >= 4 is 5.91 Å². The molecule has 0 fully saturated rings. The molecule has 0 saturated carbocycles. The highest BCUT2D eigenvalue weighted by molar-refractivity contribution is 5.95. The summed E-state index contributed by atoms with van der Waals surface area (Å²) in [6.45, 7) is 3.18. The van der Waals surface area contributed by atoms with Gasteiger partial charge in [0.1, 0.15) is 18.1 Å². The smallest absolute Gasteiger partial charge is 0.252 e. The molecule has 2 rings (SSSR count). The van der Waals surface area contributed by atoms with Crippen molar-refractivity contribution in [1.82, 2.24) is 5.32 Å². The molecule has 1 amide bonds. The number of phenols is 1. The van der Waals surface area contributed by atoms with Gasteiger partial charge >= 0.3 is 0 Å². The summed E-state index contributed by atoms with van der Waals surface area (Å²) >= 11 is 0. The number of hydrogen-bond acceptors (Lipinski definition) is 4. The quantitative estimate of drug-likeness (QED) is 0.697. The van der Waals surface area contributed by atoms with E-state index in [1.165, 1.54) is 12.1 Å². The average molecular weight is 313 g/mol. The van der Waals surface area contributed by atoms with Crippen molar-refractivity contribution in [1.29, 1.82) is 0 Å². The summed E-state index contributed by atoms with van der Waals surface area (Å²) in [5.41, 5.74) is 6.41. The Kier molecular flexibility index (Phi) is 6.00. The second-order valence-corrected chi connectivity index (χ2v) is 5.28. The van der Waals surface area contributed by atoms with Crippen molar-refractivity contribution in [3.63, 3.8) is 0 Å². The molecule has 2 aromatic carbocycles. The molecule has 5 heteroatoms. The summed E-state index contributed by atoms with van der Waals surface area (Å²) in [6.07, 6.45) is 2.10. The van der Waals surface area contributed by atoms with Crippen LogP contribution in [0.25, 0.3) is 0 Å². The minimum absolute atomic E-state index is 0.0560. The first-order valence-corrected chi connectivity index (χ1v) is 7.43. The Morgan fingerprint density at radius 2 is 2.04 bits per heavy atom. The molecule has 0 aliphatic rings. The molecule has 0 aliphatic carbocycles. The summed E-state index contributed by atoms with van der Waals surface area (Å²) in [7, 11) is 0. The number of hydrogen-bond donors (Lipinski definition) is 3. The molecule has 121 valence electrons. The summed E-state index contributed by atoms with van der Waals surface area (Å²) in [5, 5.41) is 12.9. The van der Waals surface area contributed by atoms with Gasteiger partial charge in [-0.3, -0.25) is 4.79 Å². The van der Waals surface area contributed by atoms with Crippen molar-refractivity contribution in [2.24, 2.45) is 5.73 Å². The SMILES string of the molecule is C[C@@H](COc1ccc(O)c(C(N)=O)c1)NC[CH]c1ccccc1. The van der Waals surface area contributed by atoms with E-state index in [4.69, 9.17) is 10.5 Å². The van der Waals surface area contributed by atoms with E-state index in [2.05, 4.69) is 11.7 Å². The standard InChI is InChI=1S/C18H21N2O3/c1-13(20-10-9-14-5-3-2-4-6-14)12-23-15-7-8-17(21)16(11-15)18(19)22/h2-9,11,13,20-21H,10,12H2,1H3,(H2,19,22)/t13-/m0/s1.